The van der Waals surface area contributed by atoms with E-state index in [1.807, 2.05) is 84.9 Å². The summed E-state index contributed by atoms with van der Waals surface area (Å²) < 4.78 is 4.39. The second-order valence-electron chi connectivity index (χ2n) is 12.2. The molecule has 50 heavy (non-hydrogen) atoms. The molecular formula is C45H25N5. The molecule has 0 aliphatic carbocycles. The van der Waals surface area contributed by atoms with Crippen LogP contribution in [0.3, 0.4) is 0 Å². The van der Waals surface area contributed by atoms with Gasteiger partial charge in [-0.2, -0.15) is 10.5 Å². The number of hydrogen-bond donors (Lipinski definition) is 0. The largest absolute Gasteiger partial charge is 0.319 e. The molecule has 7 aromatic carbocycles. The molecule has 0 atom stereocenters. The Bertz CT molecular complexity index is 2920. The van der Waals surface area contributed by atoms with E-state index < -0.39 is 0 Å². The molecule has 0 amide bonds. The fourth-order valence-corrected chi connectivity index (χ4v) is 7.51. The number of aromatic nitrogens is 2. The molecular weight excluding hydrogens is 611 g/mol. The van der Waals surface area contributed by atoms with E-state index in [0.29, 0.717) is 16.8 Å². The lowest BCUT2D eigenvalue weighted by Gasteiger charge is -2.17. The van der Waals surface area contributed by atoms with Crippen LogP contribution in [0, 0.1) is 29.2 Å². The molecule has 0 N–H and O–H groups in total. The number of para-hydroxylation sites is 4. The summed E-state index contributed by atoms with van der Waals surface area (Å²) in [5, 5.41) is 24.6. The van der Waals surface area contributed by atoms with Crippen molar-refractivity contribution in [3.63, 3.8) is 0 Å². The van der Waals surface area contributed by atoms with Gasteiger partial charge in [0, 0.05) is 38.5 Å². The zero-order valence-corrected chi connectivity index (χ0v) is 26.7. The molecule has 0 saturated carbocycles. The minimum absolute atomic E-state index is 0.531. The molecule has 9 aromatic rings. The van der Waals surface area contributed by atoms with Crippen LogP contribution in [0.1, 0.15) is 11.1 Å². The lowest BCUT2D eigenvalue weighted by molar-refractivity contribution is 1.18. The summed E-state index contributed by atoms with van der Waals surface area (Å²) in [6, 6.07) is 55.5. The predicted molar refractivity (Wildman–Crippen MR) is 202 cm³/mol. The number of fused-ring (bicyclic) bond motifs is 6. The van der Waals surface area contributed by atoms with Gasteiger partial charge in [0.05, 0.1) is 51.5 Å². The van der Waals surface area contributed by atoms with Crippen LogP contribution in [-0.2, 0) is 0 Å². The number of nitriles is 2. The molecule has 0 saturated heterocycles. The molecule has 230 valence electrons. The fourth-order valence-electron chi connectivity index (χ4n) is 7.51. The third-order valence-corrected chi connectivity index (χ3v) is 9.62. The summed E-state index contributed by atoms with van der Waals surface area (Å²) in [7, 11) is 0. The van der Waals surface area contributed by atoms with Crippen LogP contribution < -0.4 is 0 Å². The Labute approximate surface area is 288 Å². The van der Waals surface area contributed by atoms with Crippen molar-refractivity contribution in [1.82, 2.24) is 9.13 Å². The molecule has 0 unspecified atom stereocenters. The maximum Gasteiger partial charge on any atom is 0.211 e. The van der Waals surface area contributed by atoms with Gasteiger partial charge in [0.1, 0.15) is 6.07 Å². The fraction of sp³-hybridized carbons (Fsp3) is 0. The van der Waals surface area contributed by atoms with Crippen LogP contribution in [0.2, 0.25) is 0 Å². The Balaban J connectivity index is 1.26. The van der Waals surface area contributed by atoms with Crippen molar-refractivity contribution in [2.24, 2.45) is 0 Å². The normalized spacial score (nSPS) is 11.1. The van der Waals surface area contributed by atoms with E-state index >= 15 is 0 Å². The first-order valence-corrected chi connectivity index (χ1v) is 16.3. The van der Waals surface area contributed by atoms with Gasteiger partial charge < -0.3 is 9.13 Å². The van der Waals surface area contributed by atoms with Crippen molar-refractivity contribution >= 4 is 49.3 Å². The molecule has 0 aliphatic rings. The van der Waals surface area contributed by atoms with Crippen LogP contribution in [0.15, 0.2) is 152 Å². The van der Waals surface area contributed by atoms with Crippen molar-refractivity contribution in [3.8, 4) is 45.8 Å². The van der Waals surface area contributed by atoms with E-state index in [1.165, 1.54) is 10.8 Å². The number of rotatable bonds is 4. The Morgan fingerprint density at radius 2 is 1.14 bits per heavy atom. The van der Waals surface area contributed by atoms with Gasteiger partial charge in [-0.15, -0.1) is 0 Å². The Hall–Kier alpha value is -7.39. The first-order valence-electron chi connectivity index (χ1n) is 16.3. The van der Waals surface area contributed by atoms with Gasteiger partial charge in [0.25, 0.3) is 0 Å². The average molecular weight is 636 g/mol. The van der Waals surface area contributed by atoms with Crippen molar-refractivity contribution in [2.75, 3.05) is 0 Å². The van der Waals surface area contributed by atoms with Gasteiger partial charge in [-0.25, -0.2) is 4.85 Å². The van der Waals surface area contributed by atoms with Crippen molar-refractivity contribution < 1.29 is 0 Å². The van der Waals surface area contributed by atoms with E-state index in [4.69, 9.17) is 6.57 Å². The summed E-state index contributed by atoms with van der Waals surface area (Å²) in [5.41, 5.74) is 11.0. The van der Waals surface area contributed by atoms with Crippen molar-refractivity contribution in [1.29, 1.82) is 10.5 Å². The highest BCUT2D eigenvalue weighted by molar-refractivity contribution is 6.14. The van der Waals surface area contributed by atoms with Gasteiger partial charge in [-0.3, -0.25) is 0 Å². The minimum Gasteiger partial charge on any atom is -0.319 e. The maximum atomic E-state index is 10.8. The lowest BCUT2D eigenvalue weighted by Crippen LogP contribution is -1.99. The highest BCUT2D eigenvalue weighted by Gasteiger charge is 2.20. The molecule has 2 heterocycles. The highest BCUT2D eigenvalue weighted by Crippen LogP contribution is 2.41. The van der Waals surface area contributed by atoms with Gasteiger partial charge >= 0.3 is 0 Å². The summed E-state index contributed by atoms with van der Waals surface area (Å²) in [5.74, 6) is 0. The van der Waals surface area contributed by atoms with Crippen LogP contribution in [-0.4, -0.2) is 9.13 Å². The third-order valence-electron chi connectivity index (χ3n) is 9.62. The second kappa shape index (κ2) is 11.4. The maximum absolute atomic E-state index is 10.8. The van der Waals surface area contributed by atoms with Gasteiger partial charge in [-0.05, 0) is 59.5 Å². The minimum atomic E-state index is 0.531. The molecule has 0 fully saturated rings. The molecule has 9 rings (SSSR count). The van der Waals surface area contributed by atoms with Gasteiger partial charge in [0.2, 0.25) is 5.69 Å². The summed E-state index contributed by atoms with van der Waals surface area (Å²) >= 11 is 0. The summed E-state index contributed by atoms with van der Waals surface area (Å²) in [6.45, 7) is 7.95. The van der Waals surface area contributed by atoms with Crippen molar-refractivity contribution in [3.05, 3.63) is 174 Å². The third kappa shape index (κ3) is 4.24. The summed E-state index contributed by atoms with van der Waals surface area (Å²) in [6.07, 6.45) is 0. The number of hydrogen-bond acceptors (Lipinski definition) is 2. The predicted octanol–water partition coefficient (Wildman–Crippen LogP) is 11.5. The topological polar surface area (TPSA) is 61.8 Å². The van der Waals surface area contributed by atoms with E-state index in [-0.39, 0.29) is 0 Å². The quantitative estimate of drug-likeness (QED) is 0.181. The first kappa shape index (κ1) is 28.8. The molecule has 0 bridgehead atoms. The smallest absolute Gasteiger partial charge is 0.211 e. The number of benzene rings is 7. The zero-order valence-electron chi connectivity index (χ0n) is 26.7. The number of nitrogens with zero attached hydrogens (tertiary/aromatic N) is 5. The second-order valence-corrected chi connectivity index (χ2v) is 12.2. The van der Waals surface area contributed by atoms with Crippen molar-refractivity contribution in [2.45, 2.75) is 0 Å². The van der Waals surface area contributed by atoms with E-state index in [9.17, 15) is 10.5 Å². The Morgan fingerprint density at radius 3 is 1.90 bits per heavy atom. The standard InChI is InChI=1S/C45H25N5/c1-48-40-19-10-18-37-38-25-29(27-46)23-24-44(38)49(45(37)40)31-12-8-11-30(26-31)32-16-9-17-33(39(32)28-47)34-13-2-5-20-41(34)50-42-21-6-3-14-35(42)36-15-4-7-22-43(36)50/h2-26H. The van der Waals surface area contributed by atoms with Crippen LogP contribution >= 0.6 is 0 Å². The van der Waals surface area contributed by atoms with E-state index in [2.05, 4.69) is 92.8 Å². The molecule has 5 heteroatoms. The monoisotopic (exact) mass is 635 g/mol. The molecule has 0 radical (unpaired) electrons. The Morgan fingerprint density at radius 1 is 0.500 bits per heavy atom. The first-order chi connectivity index (χ1) is 24.7. The SMILES string of the molecule is [C-]#[N+]c1cccc2c3cc(C#N)ccc3n(-c3cccc(-c4cccc(-c5ccccc5-n5c6ccccc6c6ccccc65)c4C#N)c3)c12. The van der Waals surface area contributed by atoms with E-state index in [1.54, 1.807) is 0 Å². The molecule has 5 nitrogen and oxygen atoms in total. The molecule has 2 aromatic heterocycles. The van der Waals surface area contributed by atoms with Crippen LogP contribution in [0.5, 0.6) is 0 Å². The van der Waals surface area contributed by atoms with E-state index in [0.717, 1.165) is 66.5 Å². The van der Waals surface area contributed by atoms with Crippen LogP contribution in [0.25, 0.3) is 82.1 Å². The highest BCUT2D eigenvalue weighted by atomic mass is 15.0. The lowest BCUT2D eigenvalue weighted by atomic mass is 9.91. The molecule has 0 spiro atoms. The van der Waals surface area contributed by atoms with Gasteiger partial charge in [-0.1, -0.05) is 103 Å². The zero-order chi connectivity index (χ0) is 33.8. The van der Waals surface area contributed by atoms with Crippen LogP contribution in [0.4, 0.5) is 5.69 Å². The molecule has 0 aliphatic heterocycles. The summed E-state index contributed by atoms with van der Waals surface area (Å²) in [4.78, 5) is 3.86. The van der Waals surface area contributed by atoms with Gasteiger partial charge in [0.15, 0.2) is 0 Å². The Kier molecular flexibility index (Phi) is 6.56. The average Bonchev–Trinajstić information content (AvgIpc) is 3.70.